The van der Waals surface area contributed by atoms with Crippen molar-refractivity contribution in [3.05, 3.63) is 42.0 Å². The molecular formula is C33H45N7O10. The number of methoxy groups -OCH3 is 1. The Morgan fingerprint density at radius 3 is 2.22 bits per heavy atom. The van der Waals surface area contributed by atoms with Crippen LogP contribution in [0.3, 0.4) is 0 Å². The summed E-state index contributed by atoms with van der Waals surface area (Å²) in [6.07, 6.45) is 2.85. The van der Waals surface area contributed by atoms with E-state index in [1.165, 1.54) is 12.0 Å². The number of urea groups is 1. The summed E-state index contributed by atoms with van der Waals surface area (Å²) in [7, 11) is 1.42. The Kier molecular flexibility index (Phi) is 14.4. The number of nitrogens with zero attached hydrogens (tertiary/aromatic N) is 2. The lowest BCUT2D eigenvalue weighted by Crippen LogP contribution is -2.56. The summed E-state index contributed by atoms with van der Waals surface area (Å²) in [6, 6.07) is 1.93. The highest BCUT2D eigenvalue weighted by Gasteiger charge is 2.47. The molecule has 1 aromatic rings. The molecule has 2 aliphatic heterocycles. The molecule has 3 rings (SSSR count). The molecular weight excluding hydrogens is 654 g/mol. The second-order valence-corrected chi connectivity index (χ2v) is 12.2. The van der Waals surface area contributed by atoms with Crippen LogP contribution in [0.1, 0.15) is 52.0 Å². The van der Waals surface area contributed by atoms with E-state index in [2.05, 4.69) is 21.3 Å². The number of carbonyl (C=O) groups is 8. The number of nitrogens with one attached hydrogen (secondary N) is 4. The van der Waals surface area contributed by atoms with Gasteiger partial charge in [-0.2, -0.15) is 0 Å². The van der Waals surface area contributed by atoms with Crippen molar-refractivity contribution >= 4 is 53.1 Å². The fourth-order valence-corrected chi connectivity index (χ4v) is 5.49. The number of hydrogen-bond acceptors (Lipinski definition) is 10. The Morgan fingerprint density at radius 1 is 0.980 bits per heavy atom. The van der Waals surface area contributed by atoms with Crippen LogP contribution in [0, 0.1) is 5.92 Å². The molecule has 1 saturated heterocycles. The van der Waals surface area contributed by atoms with Gasteiger partial charge >= 0.3 is 12.0 Å². The number of imide groups is 1. The van der Waals surface area contributed by atoms with Gasteiger partial charge in [-0.05, 0) is 36.5 Å². The maximum absolute atomic E-state index is 13.6. The minimum atomic E-state index is -1.12. The van der Waals surface area contributed by atoms with Crippen LogP contribution in [-0.2, 0) is 49.6 Å². The smallest absolute Gasteiger partial charge is 0.312 e. The number of hydrogen-bond donors (Lipinski definition) is 5. The average Bonchev–Trinajstić information content (AvgIpc) is 3.56. The summed E-state index contributed by atoms with van der Waals surface area (Å²) >= 11 is 0. The van der Waals surface area contributed by atoms with Crippen molar-refractivity contribution in [3.8, 4) is 0 Å². The summed E-state index contributed by atoms with van der Waals surface area (Å²) in [5.74, 6) is -4.54. The molecule has 2 heterocycles. The number of carbonyl (C=O) groups excluding carboxylic acids is 8. The number of primary amides is 1. The van der Waals surface area contributed by atoms with Crippen molar-refractivity contribution in [2.24, 2.45) is 11.7 Å². The van der Waals surface area contributed by atoms with Crippen LogP contribution in [0.15, 0.2) is 36.4 Å². The summed E-state index contributed by atoms with van der Waals surface area (Å²) in [5.41, 5.74) is 6.26. The second-order valence-electron chi connectivity index (χ2n) is 12.2. The molecule has 0 radical (unpaired) electrons. The molecule has 0 aliphatic carbocycles. The van der Waals surface area contributed by atoms with Crippen molar-refractivity contribution in [3.63, 3.8) is 0 Å². The molecule has 272 valence electrons. The van der Waals surface area contributed by atoms with Crippen LogP contribution in [0.4, 0.5) is 10.5 Å². The Bertz CT molecular complexity index is 1460. The van der Waals surface area contributed by atoms with E-state index in [0.717, 1.165) is 17.1 Å². The monoisotopic (exact) mass is 699 g/mol. The first-order valence-electron chi connectivity index (χ1n) is 16.3. The lowest BCUT2D eigenvalue weighted by atomic mass is 10.0. The summed E-state index contributed by atoms with van der Waals surface area (Å²) < 4.78 is 10.3. The third-order valence-corrected chi connectivity index (χ3v) is 8.11. The topological polar surface area (TPSA) is 236 Å². The average molecular weight is 700 g/mol. The van der Waals surface area contributed by atoms with Crippen molar-refractivity contribution in [2.75, 3.05) is 32.1 Å². The number of ether oxygens (including phenoxy) is 2. The number of rotatable bonds is 18. The molecule has 2 aliphatic rings. The summed E-state index contributed by atoms with van der Waals surface area (Å²) in [5, 5.41) is 10.5. The number of benzene rings is 1. The fraction of sp³-hybridized carbons (Fsp3) is 0.515. The van der Waals surface area contributed by atoms with Gasteiger partial charge in [0, 0.05) is 44.3 Å². The first-order valence-corrected chi connectivity index (χ1v) is 16.3. The third-order valence-electron chi connectivity index (χ3n) is 8.11. The van der Waals surface area contributed by atoms with E-state index >= 15 is 0 Å². The predicted molar refractivity (Wildman–Crippen MR) is 177 cm³/mol. The zero-order valence-corrected chi connectivity index (χ0v) is 28.6. The Labute approximate surface area is 289 Å². The Morgan fingerprint density at radius 2 is 1.64 bits per heavy atom. The van der Waals surface area contributed by atoms with Crippen molar-refractivity contribution in [1.82, 2.24) is 25.8 Å². The summed E-state index contributed by atoms with van der Waals surface area (Å²) in [4.78, 5) is 103. The van der Waals surface area contributed by atoms with Gasteiger partial charge in [-0.15, -0.1) is 0 Å². The standard InChI is InChI=1S/C33H45N7O10/c1-5-28(44)50-17-20-8-10-21(11-9-20)36-30(45)23(7-6-14-35-33(34)48)37-31(46)29(19(2)3)38-25(41)16-39-22(18-49-4)15-24(32(39)47)40-26(42)12-13-27(40)43/h8-13,19,22-24,29H,5-7,14-18H2,1-4H3,(H,36,45)(H,37,46)(H,38,41)(H3,34,35,48)/t22-,23-,24-,29-/m0/s1. The zero-order valence-electron chi connectivity index (χ0n) is 28.6. The molecule has 17 nitrogen and oxygen atoms in total. The lowest BCUT2D eigenvalue weighted by molar-refractivity contribution is -0.147. The SMILES string of the molecule is CCC(=O)OCc1ccc(NC(=O)[C@H](CCCNC(N)=O)NC(=O)[C@@H](NC(=O)CN2C(=O)[C@@H](N3C(=O)C=CC3=O)C[C@H]2COC)C(C)C)cc1. The highest BCUT2D eigenvalue weighted by molar-refractivity contribution is 6.15. The van der Waals surface area contributed by atoms with Crippen LogP contribution in [0.5, 0.6) is 0 Å². The Hall–Kier alpha value is -5.32. The van der Waals surface area contributed by atoms with Crippen LogP contribution >= 0.6 is 0 Å². The van der Waals surface area contributed by atoms with Crippen molar-refractivity contribution in [1.29, 1.82) is 0 Å². The maximum Gasteiger partial charge on any atom is 0.312 e. The van der Waals surface area contributed by atoms with E-state index in [0.29, 0.717) is 11.3 Å². The predicted octanol–water partition coefficient (Wildman–Crippen LogP) is -0.307. The van der Waals surface area contributed by atoms with Gasteiger partial charge in [-0.1, -0.05) is 32.9 Å². The fourth-order valence-electron chi connectivity index (χ4n) is 5.49. The van der Waals surface area contributed by atoms with Crippen LogP contribution in [0.2, 0.25) is 0 Å². The molecule has 0 aromatic heterocycles. The maximum atomic E-state index is 13.6. The highest BCUT2D eigenvalue weighted by Crippen LogP contribution is 2.26. The van der Waals surface area contributed by atoms with Gasteiger partial charge in [-0.25, -0.2) is 4.79 Å². The van der Waals surface area contributed by atoms with Gasteiger partial charge in [0.25, 0.3) is 11.8 Å². The van der Waals surface area contributed by atoms with Gasteiger partial charge in [0.2, 0.25) is 23.6 Å². The largest absolute Gasteiger partial charge is 0.461 e. The molecule has 0 spiro atoms. The molecule has 17 heteroatoms. The van der Waals surface area contributed by atoms with E-state index in [9.17, 15) is 38.4 Å². The first kappa shape index (κ1) is 39.1. The van der Waals surface area contributed by atoms with Crippen LogP contribution < -0.4 is 27.0 Å². The van der Waals surface area contributed by atoms with E-state index in [1.54, 1.807) is 45.0 Å². The molecule has 6 N–H and O–H groups in total. The molecule has 8 amide bonds. The van der Waals surface area contributed by atoms with E-state index in [4.69, 9.17) is 15.2 Å². The highest BCUT2D eigenvalue weighted by atomic mass is 16.5. The van der Waals surface area contributed by atoms with Gasteiger partial charge < -0.3 is 41.4 Å². The number of anilines is 1. The van der Waals surface area contributed by atoms with Gasteiger partial charge in [-0.3, -0.25) is 38.5 Å². The number of esters is 1. The number of nitrogens with two attached hydrogens (primary N) is 1. The number of likely N-dealkylation sites (tertiary alicyclic amines) is 1. The third kappa shape index (κ3) is 10.8. The van der Waals surface area contributed by atoms with Crippen molar-refractivity contribution in [2.45, 2.75) is 77.2 Å². The minimum Gasteiger partial charge on any atom is -0.461 e. The normalized spacial score (nSPS) is 18.2. The minimum absolute atomic E-state index is 0.0453. The van der Waals surface area contributed by atoms with Crippen molar-refractivity contribution < 1.29 is 47.8 Å². The molecule has 1 fully saturated rings. The second kappa shape index (κ2) is 18.4. The van der Waals surface area contributed by atoms with E-state index in [-0.39, 0.29) is 51.4 Å². The molecule has 4 atom stereocenters. The molecule has 0 bridgehead atoms. The van der Waals surface area contributed by atoms with Gasteiger partial charge in [0.15, 0.2) is 0 Å². The van der Waals surface area contributed by atoms with Gasteiger partial charge in [0.05, 0.1) is 19.2 Å². The molecule has 0 saturated carbocycles. The van der Waals surface area contributed by atoms with E-state index < -0.39 is 78.1 Å². The van der Waals surface area contributed by atoms with Crippen LogP contribution in [0.25, 0.3) is 0 Å². The lowest BCUT2D eigenvalue weighted by Gasteiger charge is -2.28. The van der Waals surface area contributed by atoms with Crippen LogP contribution in [-0.4, -0.2) is 108 Å². The van der Waals surface area contributed by atoms with E-state index in [1.807, 2.05) is 0 Å². The molecule has 0 unspecified atom stereocenters. The quantitative estimate of drug-likeness (QED) is 0.0762. The zero-order chi connectivity index (χ0) is 37.0. The number of amides is 8. The summed E-state index contributed by atoms with van der Waals surface area (Å²) in [6.45, 7) is 4.86. The molecule has 50 heavy (non-hydrogen) atoms. The first-order chi connectivity index (χ1) is 23.7. The van der Waals surface area contributed by atoms with Gasteiger partial charge in [0.1, 0.15) is 24.7 Å². The molecule has 1 aromatic carbocycles. The Balaban J connectivity index is 1.68.